The highest BCUT2D eigenvalue weighted by Gasteiger charge is 2.28. The Morgan fingerprint density at radius 2 is 1.06 bits per heavy atom. The summed E-state index contributed by atoms with van der Waals surface area (Å²) in [5, 5.41) is 28.3. The van der Waals surface area contributed by atoms with E-state index >= 15 is 0 Å². The Bertz CT molecular complexity index is 2210. The number of para-hydroxylation sites is 1. The SMILES string of the molecule is CC(C)(C)c1cc(-c2c3cc(C(C)(C)C)ccc3c(-c3scc(-c4ccccc4OCCCCO)c3O)c3ccc(C(C)(C)C)cc23)cc(C(C)(C)C)c1. The maximum atomic E-state index is 12.3. The fourth-order valence-electron chi connectivity index (χ4n) is 7.29. The number of rotatable bonds is 8. The molecule has 0 radical (unpaired) electrons. The Balaban J connectivity index is 1.74. The second-order valence-corrected chi connectivity index (χ2v) is 20.1. The molecule has 0 spiro atoms. The summed E-state index contributed by atoms with van der Waals surface area (Å²) in [5.74, 6) is 1.00. The van der Waals surface area contributed by atoms with E-state index in [0.29, 0.717) is 13.0 Å². The lowest BCUT2D eigenvalue weighted by atomic mass is 9.76. The molecule has 1 aromatic heterocycles. The topological polar surface area (TPSA) is 49.7 Å². The highest BCUT2D eigenvalue weighted by Crippen LogP contribution is 2.53. The number of fused-ring (bicyclic) bond motifs is 2. The minimum absolute atomic E-state index is 0.0350. The minimum Gasteiger partial charge on any atom is -0.506 e. The van der Waals surface area contributed by atoms with Gasteiger partial charge in [-0.2, -0.15) is 0 Å². The van der Waals surface area contributed by atoms with Crippen LogP contribution in [0.5, 0.6) is 11.5 Å². The Hall–Kier alpha value is -4.12. The summed E-state index contributed by atoms with van der Waals surface area (Å²) in [6.45, 7) is 28.2. The zero-order chi connectivity index (χ0) is 39.4. The number of aliphatic hydroxyl groups excluding tert-OH is 1. The van der Waals surface area contributed by atoms with E-state index in [1.165, 1.54) is 44.2 Å². The summed E-state index contributed by atoms with van der Waals surface area (Å²) in [6, 6.07) is 29.2. The number of aliphatic hydroxyl groups is 1. The fraction of sp³-hybridized carbons (Fsp3) is 0.400. The van der Waals surface area contributed by atoms with Crippen molar-refractivity contribution < 1.29 is 14.9 Å². The van der Waals surface area contributed by atoms with E-state index in [1.807, 2.05) is 24.3 Å². The molecule has 0 fully saturated rings. The summed E-state index contributed by atoms with van der Waals surface area (Å²) < 4.78 is 6.21. The molecule has 0 saturated carbocycles. The van der Waals surface area contributed by atoms with Crippen LogP contribution in [0.3, 0.4) is 0 Å². The number of aromatic hydroxyl groups is 1. The molecule has 0 amide bonds. The highest BCUT2D eigenvalue weighted by atomic mass is 32.1. The first-order chi connectivity index (χ1) is 25.2. The van der Waals surface area contributed by atoms with Crippen molar-refractivity contribution in [2.45, 2.75) is 118 Å². The third kappa shape index (κ3) is 7.84. The quantitative estimate of drug-likeness (QED) is 0.121. The molecule has 284 valence electrons. The number of unbranched alkanes of at least 4 members (excludes halogenated alkanes) is 1. The van der Waals surface area contributed by atoms with Crippen molar-refractivity contribution >= 4 is 32.9 Å². The molecule has 0 saturated heterocycles. The summed E-state index contributed by atoms with van der Waals surface area (Å²) >= 11 is 1.59. The van der Waals surface area contributed by atoms with Crippen LogP contribution in [0, 0.1) is 0 Å². The normalized spacial score (nSPS) is 12.9. The summed E-state index contributed by atoms with van der Waals surface area (Å²) in [4.78, 5) is 0.854. The molecule has 0 aliphatic carbocycles. The van der Waals surface area contributed by atoms with Gasteiger partial charge in [-0.1, -0.05) is 144 Å². The lowest BCUT2D eigenvalue weighted by Gasteiger charge is -2.28. The zero-order valence-corrected chi connectivity index (χ0v) is 35.4. The van der Waals surface area contributed by atoms with E-state index in [1.54, 1.807) is 11.3 Å². The Morgan fingerprint density at radius 1 is 0.537 bits per heavy atom. The Labute approximate surface area is 328 Å². The first-order valence-corrected chi connectivity index (χ1v) is 20.4. The van der Waals surface area contributed by atoms with Crippen LogP contribution in [0.4, 0.5) is 0 Å². The van der Waals surface area contributed by atoms with Crippen LogP contribution >= 0.6 is 11.3 Å². The van der Waals surface area contributed by atoms with Gasteiger partial charge in [0.15, 0.2) is 0 Å². The summed E-state index contributed by atoms with van der Waals surface area (Å²) in [6.07, 6.45) is 1.46. The van der Waals surface area contributed by atoms with Gasteiger partial charge in [-0.25, -0.2) is 0 Å². The molecule has 6 aromatic rings. The molecule has 0 unspecified atom stereocenters. The van der Waals surface area contributed by atoms with Crippen LogP contribution in [0.1, 0.15) is 118 Å². The maximum Gasteiger partial charge on any atom is 0.142 e. The molecule has 4 heteroatoms. The molecule has 1 heterocycles. The van der Waals surface area contributed by atoms with Crippen LogP contribution in [-0.2, 0) is 21.7 Å². The van der Waals surface area contributed by atoms with E-state index in [4.69, 9.17) is 4.74 Å². The molecule has 6 rings (SSSR count). The summed E-state index contributed by atoms with van der Waals surface area (Å²) in [5.41, 5.74) is 10.2. The lowest BCUT2D eigenvalue weighted by Crippen LogP contribution is -2.16. The highest BCUT2D eigenvalue weighted by molar-refractivity contribution is 7.14. The van der Waals surface area contributed by atoms with Crippen molar-refractivity contribution in [2.24, 2.45) is 0 Å². The molecular weight excluding hydrogens is 681 g/mol. The van der Waals surface area contributed by atoms with Gasteiger partial charge in [-0.15, -0.1) is 11.3 Å². The molecular formula is C50H60O3S. The van der Waals surface area contributed by atoms with Gasteiger partial charge in [0.1, 0.15) is 11.5 Å². The third-order valence-electron chi connectivity index (χ3n) is 10.8. The lowest BCUT2D eigenvalue weighted by molar-refractivity contribution is 0.253. The van der Waals surface area contributed by atoms with Crippen LogP contribution in [0.15, 0.2) is 84.2 Å². The average molecular weight is 741 g/mol. The number of ether oxygens (including phenoxy) is 1. The van der Waals surface area contributed by atoms with Crippen LogP contribution in [-0.4, -0.2) is 23.4 Å². The van der Waals surface area contributed by atoms with E-state index in [2.05, 4.69) is 143 Å². The molecule has 54 heavy (non-hydrogen) atoms. The zero-order valence-electron chi connectivity index (χ0n) is 34.6. The predicted molar refractivity (Wildman–Crippen MR) is 234 cm³/mol. The van der Waals surface area contributed by atoms with Crippen molar-refractivity contribution in [3.8, 4) is 44.2 Å². The van der Waals surface area contributed by atoms with Crippen molar-refractivity contribution in [3.63, 3.8) is 0 Å². The molecule has 2 N–H and O–H groups in total. The predicted octanol–water partition coefficient (Wildman–Crippen LogP) is 14.1. The molecule has 5 aromatic carbocycles. The minimum atomic E-state index is -0.0587. The van der Waals surface area contributed by atoms with Gasteiger partial charge in [0.2, 0.25) is 0 Å². The molecule has 0 aliphatic rings. The average Bonchev–Trinajstić information content (AvgIpc) is 3.47. The van der Waals surface area contributed by atoms with Crippen LogP contribution < -0.4 is 4.74 Å². The van der Waals surface area contributed by atoms with Crippen LogP contribution in [0.2, 0.25) is 0 Å². The largest absolute Gasteiger partial charge is 0.506 e. The van der Waals surface area contributed by atoms with Gasteiger partial charge in [-0.05, 0) is 108 Å². The van der Waals surface area contributed by atoms with Gasteiger partial charge < -0.3 is 14.9 Å². The molecule has 0 aliphatic heterocycles. The standard InChI is InChI=1S/C50H60O3S/c1-47(2,3)32-19-21-37-39(28-32)43(31-25-34(49(7,8)9)27-35(26-31)50(10,11)12)40-29-33(48(4,5)6)20-22-38(40)44(37)46-45(52)41(30-54-46)36-17-13-14-18-42(36)53-24-16-15-23-51/h13-14,17-22,25-30,51-52H,15-16,23-24H2,1-12H3. The first-order valence-electron chi connectivity index (χ1n) is 19.5. The maximum absolute atomic E-state index is 12.3. The van der Waals surface area contributed by atoms with E-state index in [0.717, 1.165) is 44.5 Å². The van der Waals surface area contributed by atoms with Gasteiger partial charge in [0, 0.05) is 28.7 Å². The monoisotopic (exact) mass is 740 g/mol. The smallest absolute Gasteiger partial charge is 0.142 e. The molecule has 0 atom stereocenters. The van der Waals surface area contributed by atoms with Crippen LogP contribution in [0.25, 0.3) is 54.2 Å². The summed E-state index contributed by atoms with van der Waals surface area (Å²) in [7, 11) is 0. The van der Waals surface area contributed by atoms with Crippen molar-refractivity contribution in [1.29, 1.82) is 0 Å². The number of thiophene rings is 1. The van der Waals surface area contributed by atoms with E-state index < -0.39 is 0 Å². The van der Waals surface area contributed by atoms with E-state index in [9.17, 15) is 10.2 Å². The van der Waals surface area contributed by atoms with Crippen molar-refractivity contribution in [2.75, 3.05) is 13.2 Å². The third-order valence-corrected chi connectivity index (χ3v) is 11.8. The second kappa shape index (κ2) is 14.5. The number of hydrogen-bond donors (Lipinski definition) is 2. The first kappa shape index (κ1) is 39.6. The van der Waals surface area contributed by atoms with E-state index in [-0.39, 0.29) is 34.0 Å². The van der Waals surface area contributed by atoms with Gasteiger partial charge >= 0.3 is 0 Å². The molecule has 3 nitrogen and oxygen atoms in total. The van der Waals surface area contributed by atoms with Crippen molar-refractivity contribution in [3.05, 3.63) is 106 Å². The number of hydrogen-bond acceptors (Lipinski definition) is 4. The second-order valence-electron chi connectivity index (χ2n) is 19.2. The van der Waals surface area contributed by atoms with Gasteiger partial charge in [0.05, 0.1) is 11.5 Å². The van der Waals surface area contributed by atoms with Gasteiger partial charge in [0.25, 0.3) is 0 Å². The molecule has 0 bridgehead atoms. The number of benzene rings is 5. The fourth-order valence-corrected chi connectivity index (χ4v) is 8.32. The Morgan fingerprint density at radius 3 is 1.56 bits per heavy atom. The van der Waals surface area contributed by atoms with Crippen molar-refractivity contribution in [1.82, 2.24) is 0 Å². The Kier molecular flexibility index (Phi) is 10.6. The van der Waals surface area contributed by atoms with Gasteiger partial charge in [-0.3, -0.25) is 0 Å².